The molecule has 1 N–H and O–H groups in total. The summed E-state index contributed by atoms with van der Waals surface area (Å²) >= 11 is 0. The van der Waals surface area contributed by atoms with Gasteiger partial charge in [0.25, 0.3) is 0 Å². The summed E-state index contributed by atoms with van der Waals surface area (Å²) in [5, 5.41) is 2.74. The van der Waals surface area contributed by atoms with Crippen LogP contribution in [0.3, 0.4) is 0 Å². The zero-order chi connectivity index (χ0) is 17.8. The van der Waals surface area contributed by atoms with Crippen molar-refractivity contribution in [2.24, 2.45) is 0 Å². The number of amides is 2. The molecule has 128 valence electrons. The predicted octanol–water partition coefficient (Wildman–Crippen LogP) is 3.36. The molecule has 1 aromatic carbocycles. The van der Waals surface area contributed by atoms with Crippen molar-refractivity contribution in [1.29, 1.82) is 0 Å². The molecule has 0 heterocycles. The lowest BCUT2D eigenvalue weighted by Gasteiger charge is -2.24. The number of rotatable bonds is 4. The van der Waals surface area contributed by atoms with Crippen LogP contribution < -0.4 is 10.2 Å². The molecule has 0 unspecified atom stereocenters. The number of alkyl halides is 3. The first-order valence-corrected chi connectivity index (χ1v) is 7.16. The summed E-state index contributed by atoms with van der Waals surface area (Å²) in [5.41, 5.74) is -1.12. The lowest BCUT2D eigenvalue weighted by Crippen LogP contribution is -2.42. The molecule has 0 saturated carbocycles. The second kappa shape index (κ2) is 7.02. The zero-order valence-corrected chi connectivity index (χ0v) is 13.6. The zero-order valence-electron chi connectivity index (χ0n) is 13.6. The molecule has 2 amide bonds. The number of nitrogens with one attached hydrogen (secondary N) is 1. The second-order valence-electron chi connectivity index (χ2n) is 6.27. The van der Waals surface area contributed by atoms with E-state index in [1.165, 1.54) is 19.1 Å². The third-order valence-electron chi connectivity index (χ3n) is 2.94. The van der Waals surface area contributed by atoms with Gasteiger partial charge >= 0.3 is 6.18 Å². The third-order valence-corrected chi connectivity index (χ3v) is 2.94. The van der Waals surface area contributed by atoms with Gasteiger partial charge in [0.05, 0.1) is 5.56 Å². The van der Waals surface area contributed by atoms with Gasteiger partial charge in [0, 0.05) is 31.1 Å². The number of carbonyl (C=O) groups excluding carboxylic acids is 2. The van der Waals surface area contributed by atoms with Crippen molar-refractivity contribution in [2.45, 2.75) is 45.8 Å². The smallest absolute Gasteiger partial charge is 0.351 e. The van der Waals surface area contributed by atoms with Gasteiger partial charge in [-0.1, -0.05) is 6.07 Å². The molecule has 0 aromatic heterocycles. The van der Waals surface area contributed by atoms with Crippen LogP contribution >= 0.6 is 0 Å². The SMILES string of the molecule is CC(=O)N(CCC(=O)NC(C)(C)C)c1cccc(C(F)(F)F)c1. The van der Waals surface area contributed by atoms with Crippen LogP contribution in [0, 0.1) is 0 Å². The lowest BCUT2D eigenvalue weighted by atomic mass is 10.1. The van der Waals surface area contributed by atoms with Crippen molar-refractivity contribution in [2.75, 3.05) is 11.4 Å². The van der Waals surface area contributed by atoms with Crippen LogP contribution in [0.4, 0.5) is 18.9 Å². The van der Waals surface area contributed by atoms with Gasteiger partial charge in [-0.15, -0.1) is 0 Å². The van der Waals surface area contributed by atoms with Gasteiger partial charge in [0.1, 0.15) is 0 Å². The summed E-state index contributed by atoms with van der Waals surface area (Å²) in [5.74, 6) is -0.691. The van der Waals surface area contributed by atoms with Crippen molar-refractivity contribution in [3.63, 3.8) is 0 Å². The largest absolute Gasteiger partial charge is 0.416 e. The maximum Gasteiger partial charge on any atom is 0.416 e. The molecule has 0 radical (unpaired) electrons. The van der Waals surface area contributed by atoms with E-state index in [9.17, 15) is 22.8 Å². The average molecular weight is 330 g/mol. The highest BCUT2D eigenvalue weighted by Crippen LogP contribution is 2.31. The van der Waals surface area contributed by atoms with E-state index in [1.54, 1.807) is 0 Å². The topological polar surface area (TPSA) is 49.4 Å². The fourth-order valence-corrected chi connectivity index (χ4v) is 2.01. The Morgan fingerprint density at radius 1 is 1.17 bits per heavy atom. The molecule has 4 nitrogen and oxygen atoms in total. The molecule has 0 bridgehead atoms. The van der Waals surface area contributed by atoms with Gasteiger partial charge in [0.2, 0.25) is 11.8 Å². The van der Waals surface area contributed by atoms with Crippen molar-refractivity contribution in [1.82, 2.24) is 5.32 Å². The Labute approximate surface area is 133 Å². The Bertz CT molecular complexity index is 577. The lowest BCUT2D eigenvalue weighted by molar-refractivity contribution is -0.137. The summed E-state index contributed by atoms with van der Waals surface area (Å²) in [6, 6.07) is 4.50. The number of benzene rings is 1. The highest BCUT2D eigenvalue weighted by Gasteiger charge is 2.31. The number of hydrogen-bond acceptors (Lipinski definition) is 2. The molecule has 1 rings (SSSR count). The van der Waals surface area contributed by atoms with E-state index in [2.05, 4.69) is 5.32 Å². The van der Waals surface area contributed by atoms with Crippen LogP contribution in [0.2, 0.25) is 0 Å². The van der Waals surface area contributed by atoms with E-state index in [0.717, 1.165) is 17.0 Å². The van der Waals surface area contributed by atoms with Gasteiger partial charge < -0.3 is 10.2 Å². The first kappa shape index (κ1) is 19.0. The fraction of sp³-hybridized carbons (Fsp3) is 0.500. The molecule has 0 aliphatic heterocycles. The van der Waals surface area contributed by atoms with Crippen molar-refractivity contribution in [3.8, 4) is 0 Å². The molecular formula is C16H21F3N2O2. The first-order chi connectivity index (χ1) is 10.4. The highest BCUT2D eigenvalue weighted by molar-refractivity contribution is 5.92. The van der Waals surface area contributed by atoms with Crippen molar-refractivity contribution in [3.05, 3.63) is 29.8 Å². The minimum atomic E-state index is -4.48. The molecule has 0 aliphatic carbocycles. The summed E-state index contributed by atoms with van der Waals surface area (Å²) in [4.78, 5) is 24.7. The van der Waals surface area contributed by atoms with E-state index in [4.69, 9.17) is 0 Å². The highest BCUT2D eigenvalue weighted by atomic mass is 19.4. The molecular weight excluding hydrogens is 309 g/mol. The Morgan fingerprint density at radius 3 is 2.26 bits per heavy atom. The van der Waals surface area contributed by atoms with Crippen LogP contribution in [0.15, 0.2) is 24.3 Å². The van der Waals surface area contributed by atoms with E-state index in [1.807, 2.05) is 20.8 Å². The van der Waals surface area contributed by atoms with Gasteiger partial charge in [0.15, 0.2) is 0 Å². The minimum Gasteiger partial charge on any atom is -0.351 e. The average Bonchev–Trinajstić information content (AvgIpc) is 2.35. The number of hydrogen-bond donors (Lipinski definition) is 1. The van der Waals surface area contributed by atoms with E-state index >= 15 is 0 Å². The Morgan fingerprint density at radius 2 is 1.78 bits per heavy atom. The van der Waals surface area contributed by atoms with Gasteiger partial charge in [-0.2, -0.15) is 13.2 Å². The normalized spacial score (nSPS) is 12.0. The molecule has 7 heteroatoms. The quantitative estimate of drug-likeness (QED) is 0.920. The van der Waals surface area contributed by atoms with Crippen LogP contribution in [0.25, 0.3) is 0 Å². The van der Waals surface area contributed by atoms with Gasteiger partial charge in [-0.3, -0.25) is 9.59 Å². The number of nitrogens with zero attached hydrogens (tertiary/aromatic N) is 1. The maximum atomic E-state index is 12.8. The molecule has 0 fully saturated rings. The molecule has 0 aliphatic rings. The van der Waals surface area contributed by atoms with Crippen LogP contribution in [0.5, 0.6) is 0 Å². The third kappa shape index (κ3) is 6.30. The molecule has 0 atom stereocenters. The molecule has 0 saturated heterocycles. The fourth-order valence-electron chi connectivity index (χ4n) is 2.01. The summed E-state index contributed by atoms with van der Waals surface area (Å²) < 4.78 is 38.3. The standard InChI is InChI=1S/C16H21F3N2O2/c1-11(22)21(9-8-14(23)20-15(2,3)4)13-7-5-6-12(10-13)16(17,18)19/h5-7,10H,8-9H2,1-4H3,(H,20,23). The number of anilines is 1. The van der Waals surface area contributed by atoms with Crippen LogP contribution in [-0.4, -0.2) is 23.9 Å². The van der Waals surface area contributed by atoms with Gasteiger partial charge in [-0.25, -0.2) is 0 Å². The van der Waals surface area contributed by atoms with Crippen molar-refractivity contribution < 1.29 is 22.8 Å². The Balaban J connectivity index is 2.88. The molecule has 23 heavy (non-hydrogen) atoms. The number of carbonyl (C=O) groups is 2. The monoisotopic (exact) mass is 330 g/mol. The van der Waals surface area contributed by atoms with E-state index in [0.29, 0.717) is 0 Å². The summed E-state index contributed by atoms with van der Waals surface area (Å²) in [6.07, 6.45) is -4.48. The minimum absolute atomic E-state index is 0.00704. The predicted molar refractivity (Wildman–Crippen MR) is 82.0 cm³/mol. The van der Waals surface area contributed by atoms with E-state index in [-0.39, 0.29) is 24.6 Å². The van der Waals surface area contributed by atoms with Crippen molar-refractivity contribution >= 4 is 17.5 Å². The number of halogens is 3. The first-order valence-electron chi connectivity index (χ1n) is 7.16. The summed E-state index contributed by atoms with van der Waals surface area (Å²) in [6.45, 7) is 6.72. The molecule has 1 aromatic rings. The van der Waals surface area contributed by atoms with Crippen LogP contribution in [-0.2, 0) is 15.8 Å². The molecule has 0 spiro atoms. The van der Waals surface area contributed by atoms with Crippen LogP contribution in [0.1, 0.15) is 39.7 Å². The Hall–Kier alpha value is -2.05. The summed E-state index contributed by atoms with van der Waals surface area (Å²) in [7, 11) is 0. The van der Waals surface area contributed by atoms with E-state index < -0.39 is 23.2 Å². The Kier molecular flexibility index (Phi) is 5.80. The van der Waals surface area contributed by atoms with Gasteiger partial charge in [-0.05, 0) is 39.0 Å². The maximum absolute atomic E-state index is 12.8. The second-order valence-corrected chi connectivity index (χ2v) is 6.27.